The van der Waals surface area contributed by atoms with Gasteiger partial charge in [0.05, 0.1) is 10.6 Å². The van der Waals surface area contributed by atoms with E-state index in [4.69, 9.17) is 34.8 Å². The van der Waals surface area contributed by atoms with Crippen LogP contribution in [0.5, 0.6) is 0 Å². The second kappa shape index (κ2) is 6.34. The molecular weight excluding hydrogens is 358 g/mol. The van der Waals surface area contributed by atoms with E-state index in [1.165, 1.54) is 12.1 Å². The van der Waals surface area contributed by atoms with Gasteiger partial charge in [0.2, 0.25) is 0 Å². The Bertz CT molecular complexity index is 648. The molecule has 0 aromatic heterocycles. The largest absolute Gasteiger partial charge is 0.416 e. The highest BCUT2D eigenvalue weighted by Crippen LogP contribution is 2.45. The quantitative estimate of drug-likeness (QED) is 0.610. The molecule has 0 radical (unpaired) electrons. The van der Waals surface area contributed by atoms with Crippen molar-refractivity contribution in [2.75, 3.05) is 19.0 Å². The molecule has 0 saturated carbocycles. The zero-order chi connectivity index (χ0) is 16.7. The Kier molecular flexibility index (Phi) is 5.05. The standard InChI is InChI=1S/C15H13Cl3F3N/c1-22(2)14-5-8(15(19,20)21)3-4-9(14)10-6-12(17)13(18)7-11(10)16/h3-5,7,10H,6H2,1-2H3. The van der Waals surface area contributed by atoms with Crippen LogP contribution < -0.4 is 4.90 Å². The molecule has 0 amide bonds. The third-order valence-corrected chi connectivity index (χ3v) is 4.62. The van der Waals surface area contributed by atoms with Gasteiger partial charge in [-0.05, 0) is 30.2 Å². The number of nitrogens with zero attached hydrogens (tertiary/aromatic N) is 1. The van der Waals surface area contributed by atoms with Crippen LogP contribution in [0.2, 0.25) is 0 Å². The summed E-state index contributed by atoms with van der Waals surface area (Å²) in [5.41, 5.74) is 0.436. The summed E-state index contributed by atoms with van der Waals surface area (Å²) in [6.07, 6.45) is -2.49. The molecule has 0 heterocycles. The SMILES string of the molecule is CN(C)c1cc(C(F)(F)F)ccc1C1CC(Cl)=C(Cl)C=C1Cl. The van der Waals surface area contributed by atoms with Crippen molar-refractivity contribution in [3.8, 4) is 0 Å². The van der Waals surface area contributed by atoms with Crippen LogP contribution in [0.15, 0.2) is 39.4 Å². The highest BCUT2D eigenvalue weighted by atomic mass is 35.5. The minimum Gasteiger partial charge on any atom is -0.377 e. The van der Waals surface area contributed by atoms with Crippen LogP contribution in [0, 0.1) is 0 Å². The molecule has 1 aromatic rings. The number of alkyl halides is 3. The lowest BCUT2D eigenvalue weighted by Crippen LogP contribution is -2.16. The normalized spacial score (nSPS) is 19.3. The molecule has 1 nitrogen and oxygen atoms in total. The van der Waals surface area contributed by atoms with Gasteiger partial charge in [0.15, 0.2) is 0 Å². The van der Waals surface area contributed by atoms with E-state index in [0.29, 0.717) is 32.8 Å². The fraction of sp³-hybridized carbons (Fsp3) is 0.333. The van der Waals surface area contributed by atoms with Crippen LogP contribution in [0.4, 0.5) is 18.9 Å². The topological polar surface area (TPSA) is 3.24 Å². The van der Waals surface area contributed by atoms with Crippen LogP contribution >= 0.6 is 34.8 Å². The Morgan fingerprint density at radius 2 is 1.77 bits per heavy atom. The van der Waals surface area contributed by atoms with Gasteiger partial charge in [-0.2, -0.15) is 13.2 Å². The van der Waals surface area contributed by atoms with Gasteiger partial charge in [-0.3, -0.25) is 0 Å². The molecule has 1 aliphatic rings. The first kappa shape index (κ1) is 17.5. The molecule has 0 fully saturated rings. The van der Waals surface area contributed by atoms with Crippen molar-refractivity contribution >= 4 is 40.5 Å². The lowest BCUT2D eigenvalue weighted by atomic mass is 9.89. The van der Waals surface area contributed by atoms with E-state index in [2.05, 4.69) is 0 Å². The molecule has 120 valence electrons. The number of halogens is 6. The third kappa shape index (κ3) is 3.55. The molecule has 2 rings (SSSR count). The van der Waals surface area contributed by atoms with Crippen LogP contribution in [-0.2, 0) is 6.18 Å². The summed E-state index contributed by atoms with van der Waals surface area (Å²) in [6.45, 7) is 0. The minimum absolute atomic E-state index is 0.309. The molecular formula is C15H13Cl3F3N. The van der Waals surface area contributed by atoms with Crippen molar-refractivity contribution < 1.29 is 13.2 Å². The number of rotatable bonds is 2. The van der Waals surface area contributed by atoms with Gasteiger partial charge < -0.3 is 4.90 Å². The molecule has 0 spiro atoms. The van der Waals surface area contributed by atoms with E-state index in [0.717, 1.165) is 12.1 Å². The highest BCUT2D eigenvalue weighted by Gasteiger charge is 2.33. The monoisotopic (exact) mass is 369 g/mol. The van der Waals surface area contributed by atoms with Gasteiger partial charge in [-0.25, -0.2) is 0 Å². The Morgan fingerprint density at radius 3 is 2.32 bits per heavy atom. The van der Waals surface area contributed by atoms with Crippen LogP contribution in [0.1, 0.15) is 23.5 Å². The van der Waals surface area contributed by atoms with Crippen LogP contribution in [0.3, 0.4) is 0 Å². The Labute approximate surface area is 141 Å². The smallest absolute Gasteiger partial charge is 0.377 e. The summed E-state index contributed by atoms with van der Waals surface area (Å²) < 4.78 is 38.7. The van der Waals surface area contributed by atoms with Gasteiger partial charge in [0, 0.05) is 35.8 Å². The number of hydrogen-bond acceptors (Lipinski definition) is 1. The Morgan fingerprint density at radius 1 is 1.14 bits per heavy atom. The van der Waals surface area contributed by atoms with Gasteiger partial charge in [0.25, 0.3) is 0 Å². The van der Waals surface area contributed by atoms with E-state index in [9.17, 15) is 13.2 Å². The second-order valence-corrected chi connectivity index (χ2v) is 6.50. The van der Waals surface area contributed by atoms with Crippen molar-refractivity contribution in [2.24, 2.45) is 0 Å². The summed E-state index contributed by atoms with van der Waals surface area (Å²) in [5.74, 6) is -0.309. The maximum Gasteiger partial charge on any atom is 0.416 e. The molecule has 1 atom stereocenters. The number of allylic oxidation sites excluding steroid dienone is 4. The van der Waals surface area contributed by atoms with Crippen LogP contribution in [-0.4, -0.2) is 14.1 Å². The minimum atomic E-state index is -4.39. The van der Waals surface area contributed by atoms with Crippen molar-refractivity contribution in [2.45, 2.75) is 18.5 Å². The fourth-order valence-electron chi connectivity index (χ4n) is 2.33. The summed E-state index contributed by atoms with van der Waals surface area (Å²) in [4.78, 5) is 1.63. The number of anilines is 1. The predicted molar refractivity (Wildman–Crippen MR) is 85.8 cm³/mol. The van der Waals surface area contributed by atoms with E-state index in [1.807, 2.05) is 0 Å². The van der Waals surface area contributed by atoms with Gasteiger partial charge >= 0.3 is 6.18 Å². The van der Waals surface area contributed by atoms with Crippen molar-refractivity contribution in [3.05, 3.63) is 50.5 Å². The highest BCUT2D eigenvalue weighted by molar-refractivity contribution is 6.42. The lowest BCUT2D eigenvalue weighted by Gasteiger charge is -2.27. The summed E-state index contributed by atoms with van der Waals surface area (Å²) >= 11 is 18.2. The average molecular weight is 371 g/mol. The van der Waals surface area contributed by atoms with Crippen molar-refractivity contribution in [1.82, 2.24) is 0 Å². The molecule has 22 heavy (non-hydrogen) atoms. The number of hydrogen-bond donors (Lipinski definition) is 0. The lowest BCUT2D eigenvalue weighted by molar-refractivity contribution is -0.137. The first-order valence-corrected chi connectivity index (χ1v) is 7.54. The first-order valence-electron chi connectivity index (χ1n) is 6.41. The molecule has 1 aromatic carbocycles. The second-order valence-electron chi connectivity index (χ2n) is 5.20. The molecule has 0 saturated heterocycles. The molecule has 1 aliphatic carbocycles. The molecule has 1 unspecified atom stereocenters. The number of benzene rings is 1. The van der Waals surface area contributed by atoms with E-state index in [-0.39, 0.29) is 5.92 Å². The average Bonchev–Trinajstić information content (AvgIpc) is 2.41. The van der Waals surface area contributed by atoms with Crippen LogP contribution in [0.25, 0.3) is 0 Å². The summed E-state index contributed by atoms with van der Waals surface area (Å²) in [6, 6.07) is 3.62. The Hall–Kier alpha value is -0.840. The van der Waals surface area contributed by atoms with E-state index >= 15 is 0 Å². The maximum atomic E-state index is 12.9. The zero-order valence-corrected chi connectivity index (χ0v) is 14.1. The van der Waals surface area contributed by atoms with Gasteiger partial charge in [-0.15, -0.1) is 0 Å². The van der Waals surface area contributed by atoms with Crippen molar-refractivity contribution in [3.63, 3.8) is 0 Å². The summed E-state index contributed by atoms with van der Waals surface area (Å²) in [5, 5.41) is 1.26. The zero-order valence-electron chi connectivity index (χ0n) is 11.8. The van der Waals surface area contributed by atoms with Crippen molar-refractivity contribution in [1.29, 1.82) is 0 Å². The molecule has 0 bridgehead atoms. The van der Waals surface area contributed by atoms with Gasteiger partial charge in [-0.1, -0.05) is 40.9 Å². The Balaban J connectivity index is 2.51. The third-order valence-electron chi connectivity index (χ3n) is 3.45. The van der Waals surface area contributed by atoms with E-state index < -0.39 is 11.7 Å². The molecule has 0 N–H and O–H groups in total. The summed E-state index contributed by atoms with van der Waals surface area (Å²) in [7, 11) is 3.37. The van der Waals surface area contributed by atoms with E-state index in [1.54, 1.807) is 19.0 Å². The predicted octanol–water partition coefficient (Wildman–Crippen LogP) is 6.07. The fourth-order valence-corrected chi connectivity index (χ4v) is 3.10. The maximum absolute atomic E-state index is 12.9. The van der Waals surface area contributed by atoms with Gasteiger partial charge in [0.1, 0.15) is 0 Å². The molecule has 0 aliphatic heterocycles. The molecule has 7 heteroatoms. The first-order chi connectivity index (χ1) is 10.1.